The van der Waals surface area contributed by atoms with Gasteiger partial charge in [0.2, 0.25) is 0 Å². The maximum absolute atomic E-state index is 11.4. The summed E-state index contributed by atoms with van der Waals surface area (Å²) >= 11 is 0. The van der Waals surface area contributed by atoms with Crippen molar-refractivity contribution in [3.05, 3.63) is 34.4 Å². The Morgan fingerprint density at radius 2 is 1.88 bits per heavy atom. The van der Waals surface area contributed by atoms with Crippen LogP contribution in [-0.2, 0) is 27.4 Å². The molecule has 0 fully saturated rings. The minimum atomic E-state index is -0.442. The highest BCUT2D eigenvalue weighted by Gasteiger charge is 2.17. The number of ether oxygens (including phenoxy) is 3. The second kappa shape index (κ2) is 9.84. The molecule has 6 nitrogen and oxygen atoms in total. The van der Waals surface area contributed by atoms with Gasteiger partial charge < -0.3 is 19.3 Å². The molecule has 138 valence electrons. The van der Waals surface area contributed by atoms with E-state index >= 15 is 0 Å². The summed E-state index contributed by atoms with van der Waals surface area (Å²) in [7, 11) is 2.90. The molecule has 0 unspecified atom stereocenters. The Kier molecular flexibility index (Phi) is 8.15. The summed E-state index contributed by atoms with van der Waals surface area (Å²) in [5.74, 6) is 0.257. The van der Waals surface area contributed by atoms with Gasteiger partial charge in [0.1, 0.15) is 11.5 Å². The average Bonchev–Trinajstić information content (AvgIpc) is 2.58. The van der Waals surface area contributed by atoms with Crippen molar-refractivity contribution in [3.8, 4) is 11.5 Å². The van der Waals surface area contributed by atoms with E-state index in [9.17, 15) is 14.7 Å². The first-order valence-corrected chi connectivity index (χ1v) is 8.05. The average molecular weight is 350 g/mol. The molecule has 1 N–H and O–H groups in total. The Hall–Kier alpha value is -2.34. The summed E-state index contributed by atoms with van der Waals surface area (Å²) in [5.41, 5.74) is 3.19. The van der Waals surface area contributed by atoms with E-state index in [1.165, 1.54) is 14.0 Å². The Morgan fingerprint density at radius 1 is 1.20 bits per heavy atom. The van der Waals surface area contributed by atoms with Crippen LogP contribution in [0.4, 0.5) is 0 Å². The minimum Gasteiger partial charge on any atom is -0.496 e. The van der Waals surface area contributed by atoms with E-state index in [2.05, 4.69) is 4.74 Å². The molecule has 6 heteroatoms. The summed E-state index contributed by atoms with van der Waals surface area (Å²) < 4.78 is 15.4. The van der Waals surface area contributed by atoms with Crippen LogP contribution in [0.2, 0.25) is 0 Å². The third kappa shape index (κ3) is 5.90. The lowest BCUT2D eigenvalue weighted by molar-refractivity contribution is -0.140. The van der Waals surface area contributed by atoms with Gasteiger partial charge in [-0.15, -0.1) is 0 Å². The van der Waals surface area contributed by atoms with Gasteiger partial charge in [0.25, 0.3) is 0 Å². The van der Waals surface area contributed by atoms with Crippen molar-refractivity contribution in [3.63, 3.8) is 0 Å². The number of carbonyl (C=O) groups is 2. The molecule has 0 aliphatic rings. The highest BCUT2D eigenvalue weighted by molar-refractivity contribution is 5.71. The molecular weight excluding hydrogens is 324 g/mol. The number of hydrogen-bond donors (Lipinski definition) is 1. The van der Waals surface area contributed by atoms with Gasteiger partial charge in [0.15, 0.2) is 0 Å². The predicted molar refractivity (Wildman–Crippen MR) is 93.7 cm³/mol. The summed E-state index contributed by atoms with van der Waals surface area (Å²) in [5, 5.41) is 9.50. The zero-order valence-corrected chi connectivity index (χ0v) is 15.5. The number of hydrogen-bond acceptors (Lipinski definition) is 6. The molecule has 0 amide bonds. The summed E-state index contributed by atoms with van der Waals surface area (Å²) in [6.45, 7) is 4.92. The van der Waals surface area contributed by atoms with Crippen molar-refractivity contribution in [2.75, 3.05) is 14.2 Å². The summed E-state index contributed by atoms with van der Waals surface area (Å²) in [6.07, 6.45) is 3.35. The zero-order valence-electron chi connectivity index (χ0n) is 15.5. The van der Waals surface area contributed by atoms with E-state index in [-0.39, 0.29) is 12.6 Å². The zero-order chi connectivity index (χ0) is 19.0. The lowest BCUT2D eigenvalue weighted by Crippen LogP contribution is -2.08. The maximum atomic E-state index is 11.4. The molecule has 0 aliphatic carbocycles. The van der Waals surface area contributed by atoms with Crippen molar-refractivity contribution in [2.45, 2.75) is 46.6 Å². The molecule has 0 saturated carbocycles. The first-order chi connectivity index (χ1) is 11.8. The van der Waals surface area contributed by atoms with Crippen molar-refractivity contribution in [1.29, 1.82) is 0 Å². The molecule has 0 aliphatic heterocycles. The number of aliphatic hydroxyl groups is 1. The fraction of sp³-hybridized carbons (Fsp3) is 0.474. The van der Waals surface area contributed by atoms with Gasteiger partial charge in [0.05, 0.1) is 20.8 Å². The third-order valence-electron chi connectivity index (χ3n) is 3.93. The Labute approximate surface area is 148 Å². The second-order valence-electron chi connectivity index (χ2n) is 5.75. The lowest BCUT2D eigenvalue weighted by Gasteiger charge is -2.17. The Balaban J connectivity index is 3.16. The van der Waals surface area contributed by atoms with Gasteiger partial charge >= 0.3 is 11.9 Å². The molecule has 25 heavy (non-hydrogen) atoms. The number of rotatable bonds is 8. The van der Waals surface area contributed by atoms with Gasteiger partial charge in [-0.25, -0.2) is 0 Å². The predicted octanol–water partition coefficient (Wildman–Crippen LogP) is 2.86. The highest BCUT2D eigenvalue weighted by atomic mass is 16.5. The Morgan fingerprint density at radius 3 is 2.40 bits per heavy atom. The van der Waals surface area contributed by atoms with E-state index in [1.54, 1.807) is 13.2 Å². The summed E-state index contributed by atoms with van der Waals surface area (Å²) in [4.78, 5) is 22.6. The van der Waals surface area contributed by atoms with Crippen molar-refractivity contribution in [2.24, 2.45) is 0 Å². The largest absolute Gasteiger partial charge is 0.496 e. The molecule has 1 aromatic carbocycles. The van der Waals surface area contributed by atoms with Gasteiger partial charge in [-0.2, -0.15) is 0 Å². The highest BCUT2D eigenvalue weighted by Crippen LogP contribution is 2.36. The number of esters is 2. The van der Waals surface area contributed by atoms with E-state index in [0.29, 0.717) is 36.3 Å². The topological polar surface area (TPSA) is 82.1 Å². The monoisotopic (exact) mass is 350 g/mol. The van der Waals surface area contributed by atoms with Crippen LogP contribution in [0.15, 0.2) is 17.7 Å². The molecule has 0 atom stereocenters. The van der Waals surface area contributed by atoms with Crippen molar-refractivity contribution < 1.29 is 28.9 Å². The van der Waals surface area contributed by atoms with Gasteiger partial charge in [0, 0.05) is 18.9 Å². The van der Waals surface area contributed by atoms with Crippen LogP contribution in [0.1, 0.15) is 43.4 Å². The molecule has 0 bridgehead atoms. The van der Waals surface area contributed by atoms with Gasteiger partial charge in [-0.1, -0.05) is 11.6 Å². The fourth-order valence-electron chi connectivity index (χ4n) is 2.50. The number of aliphatic hydroxyl groups excluding tert-OH is 1. The van der Waals surface area contributed by atoms with Crippen LogP contribution in [0, 0.1) is 6.92 Å². The number of allylic oxidation sites excluding steroid dienone is 2. The van der Waals surface area contributed by atoms with E-state index in [1.807, 2.05) is 19.9 Å². The Bertz CT molecular complexity index is 660. The van der Waals surface area contributed by atoms with Gasteiger partial charge in [-0.3, -0.25) is 9.59 Å². The van der Waals surface area contributed by atoms with E-state index in [0.717, 1.165) is 16.7 Å². The van der Waals surface area contributed by atoms with Crippen LogP contribution >= 0.6 is 0 Å². The van der Waals surface area contributed by atoms with Crippen molar-refractivity contribution >= 4 is 11.9 Å². The fourth-order valence-corrected chi connectivity index (χ4v) is 2.50. The third-order valence-corrected chi connectivity index (χ3v) is 3.93. The molecule has 1 aromatic rings. The first kappa shape index (κ1) is 20.7. The molecule has 0 heterocycles. The molecule has 0 saturated heterocycles. The van der Waals surface area contributed by atoms with Crippen LogP contribution in [0.5, 0.6) is 11.5 Å². The van der Waals surface area contributed by atoms with E-state index < -0.39 is 5.97 Å². The minimum absolute atomic E-state index is 0.176. The number of benzene rings is 1. The molecular formula is C19H26O6. The molecule has 0 spiro atoms. The normalized spacial score (nSPS) is 11.2. The SMILES string of the molecule is COC(=O)CC/C(C)=C/Cc1c(OC(C)=O)cc(CO)c(C)c1OC. The van der Waals surface area contributed by atoms with E-state index in [4.69, 9.17) is 9.47 Å². The number of methoxy groups -OCH3 is 2. The molecule has 1 rings (SSSR count). The van der Waals surface area contributed by atoms with Crippen LogP contribution in [0.3, 0.4) is 0 Å². The standard InChI is InChI=1S/C19H26O6/c1-12(7-9-18(22)23-4)6-8-16-17(25-14(3)21)10-15(11-20)13(2)19(16)24-5/h6,10,20H,7-9,11H2,1-5H3/b12-6+. The maximum Gasteiger partial charge on any atom is 0.308 e. The second-order valence-corrected chi connectivity index (χ2v) is 5.75. The van der Waals surface area contributed by atoms with Crippen LogP contribution in [0.25, 0.3) is 0 Å². The number of carbonyl (C=O) groups excluding carboxylic acids is 2. The summed E-state index contributed by atoms with van der Waals surface area (Å²) in [6, 6.07) is 1.66. The quantitative estimate of drug-likeness (QED) is 0.441. The molecule has 0 radical (unpaired) electrons. The van der Waals surface area contributed by atoms with Gasteiger partial charge in [-0.05, 0) is 43.9 Å². The van der Waals surface area contributed by atoms with Crippen LogP contribution < -0.4 is 9.47 Å². The molecule has 0 aromatic heterocycles. The van der Waals surface area contributed by atoms with Crippen LogP contribution in [-0.4, -0.2) is 31.3 Å². The van der Waals surface area contributed by atoms with Crippen molar-refractivity contribution in [1.82, 2.24) is 0 Å². The smallest absolute Gasteiger partial charge is 0.308 e. The lowest BCUT2D eigenvalue weighted by atomic mass is 9.98. The first-order valence-electron chi connectivity index (χ1n) is 8.05.